The molecular formula is C13H15N3OS3. The van der Waals surface area contributed by atoms with Crippen LogP contribution in [0.4, 0.5) is 0 Å². The predicted octanol–water partition coefficient (Wildman–Crippen LogP) is 3.69. The highest BCUT2D eigenvalue weighted by atomic mass is 32.2. The fourth-order valence-corrected chi connectivity index (χ4v) is 4.45. The molecule has 20 heavy (non-hydrogen) atoms. The normalized spacial score (nSPS) is 19.2. The van der Waals surface area contributed by atoms with Crippen LogP contribution in [0.25, 0.3) is 0 Å². The molecule has 4 nitrogen and oxygen atoms in total. The summed E-state index contributed by atoms with van der Waals surface area (Å²) in [4.78, 5) is 23.4. The minimum atomic E-state index is 0.0430. The molecule has 0 radical (unpaired) electrons. The Kier molecular flexibility index (Phi) is 4.38. The van der Waals surface area contributed by atoms with Crippen molar-refractivity contribution in [3.05, 3.63) is 27.7 Å². The summed E-state index contributed by atoms with van der Waals surface area (Å²) in [6.07, 6.45) is 7.01. The number of thioether (sulfide) groups is 1. The Morgan fingerprint density at radius 3 is 3.05 bits per heavy atom. The molecular weight excluding hydrogens is 310 g/mol. The summed E-state index contributed by atoms with van der Waals surface area (Å²) in [5, 5.41) is 4.88. The fourth-order valence-electron chi connectivity index (χ4n) is 2.43. The number of thiazole rings is 2. The van der Waals surface area contributed by atoms with E-state index in [1.165, 1.54) is 11.3 Å². The van der Waals surface area contributed by atoms with Crippen LogP contribution in [-0.4, -0.2) is 33.6 Å². The molecule has 1 saturated heterocycles. The van der Waals surface area contributed by atoms with Crippen molar-refractivity contribution in [2.24, 2.45) is 0 Å². The second-order valence-corrected chi connectivity index (χ2v) is 7.42. The van der Waals surface area contributed by atoms with E-state index in [-0.39, 0.29) is 11.9 Å². The van der Waals surface area contributed by atoms with Gasteiger partial charge in [-0.15, -0.1) is 22.7 Å². The third-order valence-electron chi connectivity index (χ3n) is 3.38. The number of piperidine rings is 1. The molecule has 1 fully saturated rings. The molecule has 0 N–H and O–H groups in total. The van der Waals surface area contributed by atoms with Crippen LogP contribution in [0.5, 0.6) is 0 Å². The summed E-state index contributed by atoms with van der Waals surface area (Å²) in [6.45, 7) is 0.801. The van der Waals surface area contributed by atoms with Crippen molar-refractivity contribution in [3.63, 3.8) is 0 Å². The van der Waals surface area contributed by atoms with Crippen LogP contribution in [-0.2, 0) is 0 Å². The number of aromatic nitrogens is 2. The highest BCUT2D eigenvalue weighted by Crippen LogP contribution is 2.33. The maximum Gasteiger partial charge on any atom is 0.273 e. The minimum Gasteiger partial charge on any atom is -0.328 e. The van der Waals surface area contributed by atoms with Crippen LogP contribution < -0.4 is 0 Å². The monoisotopic (exact) mass is 325 g/mol. The Labute approximate surface area is 130 Å². The van der Waals surface area contributed by atoms with E-state index >= 15 is 0 Å². The van der Waals surface area contributed by atoms with Crippen molar-refractivity contribution in [1.82, 2.24) is 14.9 Å². The molecule has 3 rings (SSSR count). The van der Waals surface area contributed by atoms with E-state index in [0.29, 0.717) is 5.69 Å². The Bertz CT molecular complexity index is 581. The van der Waals surface area contributed by atoms with E-state index in [1.807, 2.05) is 28.1 Å². The van der Waals surface area contributed by atoms with Gasteiger partial charge in [0.25, 0.3) is 5.91 Å². The number of carbonyl (C=O) groups is 1. The maximum atomic E-state index is 12.7. The number of carbonyl (C=O) groups excluding carboxylic acids is 1. The molecule has 2 aromatic heterocycles. The smallest absolute Gasteiger partial charge is 0.273 e. The molecule has 1 atom stereocenters. The highest BCUT2D eigenvalue weighted by molar-refractivity contribution is 8.00. The van der Waals surface area contributed by atoms with Crippen molar-refractivity contribution in [1.29, 1.82) is 0 Å². The number of hydrogen-bond acceptors (Lipinski definition) is 6. The molecule has 1 aliphatic rings. The van der Waals surface area contributed by atoms with Crippen LogP contribution in [0.1, 0.15) is 40.8 Å². The van der Waals surface area contributed by atoms with Gasteiger partial charge < -0.3 is 4.90 Å². The number of nitrogens with zero attached hydrogens (tertiary/aromatic N) is 3. The number of amides is 1. The molecule has 3 heterocycles. The summed E-state index contributed by atoms with van der Waals surface area (Å²) in [5.41, 5.74) is 0.572. The van der Waals surface area contributed by atoms with E-state index in [9.17, 15) is 4.79 Å². The molecule has 106 valence electrons. The van der Waals surface area contributed by atoms with Gasteiger partial charge >= 0.3 is 0 Å². The van der Waals surface area contributed by atoms with Gasteiger partial charge in [-0.3, -0.25) is 4.79 Å². The quantitative estimate of drug-likeness (QED) is 0.808. The largest absolute Gasteiger partial charge is 0.328 e. The van der Waals surface area contributed by atoms with Gasteiger partial charge in [0, 0.05) is 23.5 Å². The van der Waals surface area contributed by atoms with E-state index < -0.39 is 0 Å². The topological polar surface area (TPSA) is 46.1 Å². The second-order valence-electron chi connectivity index (χ2n) is 4.58. The molecule has 0 aromatic carbocycles. The van der Waals surface area contributed by atoms with Crippen molar-refractivity contribution in [2.75, 3.05) is 12.8 Å². The SMILES string of the molecule is CSc1nc(C(=O)N2CCCCC2c2nccs2)cs1. The van der Waals surface area contributed by atoms with E-state index in [2.05, 4.69) is 9.97 Å². The van der Waals surface area contributed by atoms with E-state index in [4.69, 9.17) is 0 Å². The molecule has 0 bridgehead atoms. The lowest BCUT2D eigenvalue weighted by Gasteiger charge is -2.34. The van der Waals surface area contributed by atoms with Gasteiger partial charge in [0.05, 0.1) is 6.04 Å². The van der Waals surface area contributed by atoms with Gasteiger partial charge in [-0.05, 0) is 25.5 Å². The maximum absolute atomic E-state index is 12.7. The first-order valence-corrected chi connectivity index (χ1v) is 9.48. The van der Waals surface area contributed by atoms with Crippen molar-refractivity contribution < 1.29 is 4.79 Å². The third-order valence-corrected chi connectivity index (χ3v) is 6.12. The Morgan fingerprint density at radius 2 is 2.35 bits per heavy atom. The molecule has 1 aliphatic heterocycles. The van der Waals surface area contributed by atoms with Gasteiger partial charge in [0.2, 0.25) is 0 Å². The van der Waals surface area contributed by atoms with Gasteiger partial charge in [-0.25, -0.2) is 9.97 Å². The molecule has 1 unspecified atom stereocenters. The van der Waals surface area contributed by atoms with Crippen LogP contribution in [0.3, 0.4) is 0 Å². The van der Waals surface area contributed by atoms with Crippen LogP contribution >= 0.6 is 34.4 Å². The Hall–Kier alpha value is -0.920. The number of likely N-dealkylation sites (tertiary alicyclic amines) is 1. The standard InChI is InChI=1S/C13H15N3OS3/c1-18-13-15-9(8-20-13)12(17)16-6-3-2-4-10(16)11-14-5-7-19-11/h5,7-8,10H,2-4,6H2,1H3. The lowest BCUT2D eigenvalue weighted by atomic mass is 10.0. The summed E-state index contributed by atoms with van der Waals surface area (Å²) in [7, 11) is 0. The zero-order valence-corrected chi connectivity index (χ0v) is 13.6. The van der Waals surface area contributed by atoms with E-state index in [0.717, 1.165) is 35.2 Å². The lowest BCUT2D eigenvalue weighted by Crippen LogP contribution is -2.38. The lowest BCUT2D eigenvalue weighted by molar-refractivity contribution is 0.0605. The first kappa shape index (κ1) is 14.0. The van der Waals surface area contributed by atoms with Gasteiger partial charge in [0.15, 0.2) is 0 Å². The zero-order valence-electron chi connectivity index (χ0n) is 11.1. The van der Waals surface area contributed by atoms with E-state index in [1.54, 1.807) is 23.1 Å². The second kappa shape index (κ2) is 6.24. The molecule has 0 saturated carbocycles. The molecule has 0 spiro atoms. The Balaban J connectivity index is 1.84. The average molecular weight is 325 g/mol. The predicted molar refractivity (Wildman–Crippen MR) is 83.6 cm³/mol. The summed E-state index contributed by atoms with van der Waals surface area (Å²) < 4.78 is 0.941. The van der Waals surface area contributed by atoms with Crippen LogP contribution in [0.2, 0.25) is 0 Å². The number of hydrogen-bond donors (Lipinski definition) is 0. The summed E-state index contributed by atoms with van der Waals surface area (Å²) in [5.74, 6) is 0.0430. The van der Waals surface area contributed by atoms with Gasteiger partial charge in [-0.2, -0.15) is 0 Å². The summed E-state index contributed by atoms with van der Waals surface area (Å²) in [6, 6.07) is 0.121. The first-order valence-electron chi connectivity index (χ1n) is 6.49. The molecule has 1 amide bonds. The molecule has 2 aromatic rings. The van der Waals surface area contributed by atoms with Gasteiger partial charge in [-0.1, -0.05) is 11.8 Å². The zero-order chi connectivity index (χ0) is 13.9. The molecule has 7 heteroatoms. The average Bonchev–Trinajstić information content (AvgIpc) is 3.17. The minimum absolute atomic E-state index is 0.0430. The number of rotatable bonds is 3. The Morgan fingerprint density at radius 1 is 1.45 bits per heavy atom. The summed E-state index contributed by atoms with van der Waals surface area (Å²) >= 11 is 4.74. The highest BCUT2D eigenvalue weighted by Gasteiger charge is 2.31. The molecule has 0 aliphatic carbocycles. The van der Waals surface area contributed by atoms with Gasteiger partial charge in [0.1, 0.15) is 15.0 Å². The van der Waals surface area contributed by atoms with Crippen LogP contribution in [0.15, 0.2) is 21.3 Å². The third kappa shape index (κ3) is 2.75. The van der Waals surface area contributed by atoms with Crippen molar-refractivity contribution >= 4 is 40.3 Å². The first-order chi connectivity index (χ1) is 9.79. The van der Waals surface area contributed by atoms with Crippen molar-refractivity contribution in [3.8, 4) is 0 Å². The van der Waals surface area contributed by atoms with Crippen molar-refractivity contribution in [2.45, 2.75) is 29.6 Å². The fraction of sp³-hybridized carbons (Fsp3) is 0.462. The van der Waals surface area contributed by atoms with Crippen LogP contribution in [0, 0.1) is 0 Å².